The molecule has 102 valence electrons. The fraction of sp³-hybridized carbons (Fsp3) is 0.647. The standard InChI is InChI=1S/C17H27Br/c1-16(2,3)13-17(4,5)11-7-9-14-8-6-10-15(18)12-14/h6,8,10,12H,7,9,11,13H2,1-5H3. The molecule has 1 heteroatoms. The maximum Gasteiger partial charge on any atom is 0.0177 e. The van der Waals surface area contributed by atoms with E-state index in [1.165, 1.54) is 35.7 Å². The molecule has 0 nitrogen and oxygen atoms in total. The summed E-state index contributed by atoms with van der Waals surface area (Å²) in [6, 6.07) is 8.67. The van der Waals surface area contributed by atoms with Crippen LogP contribution in [0.5, 0.6) is 0 Å². The molecule has 0 saturated heterocycles. The summed E-state index contributed by atoms with van der Waals surface area (Å²) in [4.78, 5) is 0. The van der Waals surface area contributed by atoms with Crippen LogP contribution in [0.15, 0.2) is 28.7 Å². The Balaban J connectivity index is 2.41. The van der Waals surface area contributed by atoms with Crippen molar-refractivity contribution in [2.75, 3.05) is 0 Å². The van der Waals surface area contributed by atoms with Gasteiger partial charge < -0.3 is 0 Å². The van der Waals surface area contributed by atoms with Gasteiger partial charge in [0.25, 0.3) is 0 Å². The highest BCUT2D eigenvalue weighted by Crippen LogP contribution is 2.36. The summed E-state index contributed by atoms with van der Waals surface area (Å²) in [5.74, 6) is 0. The van der Waals surface area contributed by atoms with E-state index in [9.17, 15) is 0 Å². The van der Waals surface area contributed by atoms with E-state index in [2.05, 4.69) is 74.8 Å². The Morgan fingerprint density at radius 2 is 1.72 bits per heavy atom. The zero-order valence-corrected chi connectivity index (χ0v) is 14.1. The molecule has 0 radical (unpaired) electrons. The minimum absolute atomic E-state index is 0.430. The molecule has 0 spiro atoms. The first kappa shape index (κ1) is 15.8. The molecule has 0 fully saturated rings. The van der Waals surface area contributed by atoms with Gasteiger partial charge in [0, 0.05) is 4.47 Å². The first-order valence-corrected chi connectivity index (χ1v) is 7.72. The van der Waals surface area contributed by atoms with E-state index >= 15 is 0 Å². The number of halogens is 1. The third-order valence-corrected chi connectivity index (χ3v) is 3.71. The smallest absolute Gasteiger partial charge is 0.0177 e. The SMILES string of the molecule is CC(C)(C)CC(C)(C)CCCc1cccc(Br)c1. The summed E-state index contributed by atoms with van der Waals surface area (Å²) in [7, 11) is 0. The second kappa shape index (κ2) is 6.23. The minimum atomic E-state index is 0.430. The summed E-state index contributed by atoms with van der Waals surface area (Å²) in [5.41, 5.74) is 2.32. The van der Waals surface area contributed by atoms with Crippen molar-refractivity contribution in [1.82, 2.24) is 0 Å². The molecular weight excluding hydrogens is 284 g/mol. The van der Waals surface area contributed by atoms with Gasteiger partial charge in [-0.05, 0) is 54.2 Å². The Kier molecular flexibility index (Phi) is 5.46. The van der Waals surface area contributed by atoms with Crippen LogP contribution >= 0.6 is 15.9 Å². The summed E-state index contributed by atoms with van der Waals surface area (Å²) in [5, 5.41) is 0. The van der Waals surface area contributed by atoms with E-state index in [0.717, 1.165) is 0 Å². The summed E-state index contributed by atoms with van der Waals surface area (Å²) in [6.45, 7) is 11.8. The molecular formula is C17H27Br. The molecule has 0 N–H and O–H groups in total. The Morgan fingerprint density at radius 3 is 2.28 bits per heavy atom. The van der Waals surface area contributed by atoms with E-state index < -0.39 is 0 Å². The van der Waals surface area contributed by atoms with Crippen molar-refractivity contribution in [3.63, 3.8) is 0 Å². The van der Waals surface area contributed by atoms with Gasteiger partial charge in [-0.25, -0.2) is 0 Å². The van der Waals surface area contributed by atoms with Gasteiger partial charge in [0.05, 0.1) is 0 Å². The minimum Gasteiger partial charge on any atom is -0.0609 e. The van der Waals surface area contributed by atoms with Crippen molar-refractivity contribution in [2.24, 2.45) is 10.8 Å². The Hall–Kier alpha value is -0.300. The largest absolute Gasteiger partial charge is 0.0609 e. The number of rotatable bonds is 5. The lowest BCUT2D eigenvalue weighted by Crippen LogP contribution is -2.20. The van der Waals surface area contributed by atoms with Gasteiger partial charge in [-0.1, -0.05) is 62.7 Å². The average Bonchev–Trinajstić information content (AvgIpc) is 2.13. The zero-order chi connectivity index (χ0) is 13.8. The molecule has 18 heavy (non-hydrogen) atoms. The molecule has 0 aliphatic heterocycles. The molecule has 1 rings (SSSR count). The van der Waals surface area contributed by atoms with Gasteiger partial charge in [-0.2, -0.15) is 0 Å². The van der Waals surface area contributed by atoms with E-state index in [0.29, 0.717) is 10.8 Å². The van der Waals surface area contributed by atoms with Gasteiger partial charge in [0.1, 0.15) is 0 Å². The fourth-order valence-electron chi connectivity index (χ4n) is 2.99. The third kappa shape index (κ3) is 6.58. The highest BCUT2D eigenvalue weighted by atomic mass is 79.9. The van der Waals surface area contributed by atoms with Crippen LogP contribution in [0.2, 0.25) is 0 Å². The lowest BCUT2D eigenvalue weighted by molar-refractivity contribution is 0.195. The Morgan fingerprint density at radius 1 is 1.06 bits per heavy atom. The molecule has 0 bridgehead atoms. The monoisotopic (exact) mass is 310 g/mol. The van der Waals surface area contributed by atoms with E-state index in [-0.39, 0.29) is 0 Å². The average molecular weight is 311 g/mol. The van der Waals surface area contributed by atoms with E-state index in [4.69, 9.17) is 0 Å². The van der Waals surface area contributed by atoms with Gasteiger partial charge in [0.15, 0.2) is 0 Å². The molecule has 0 heterocycles. The highest BCUT2D eigenvalue weighted by Gasteiger charge is 2.24. The summed E-state index contributed by atoms with van der Waals surface area (Å²) < 4.78 is 1.19. The van der Waals surface area contributed by atoms with Gasteiger partial charge in [0.2, 0.25) is 0 Å². The lowest BCUT2D eigenvalue weighted by atomic mass is 9.73. The summed E-state index contributed by atoms with van der Waals surface area (Å²) in [6.07, 6.45) is 5.06. The normalized spacial score (nSPS) is 12.8. The second-order valence-corrected chi connectivity index (χ2v) is 8.30. The maximum absolute atomic E-state index is 3.53. The molecule has 0 unspecified atom stereocenters. The lowest BCUT2D eigenvalue weighted by Gasteiger charge is -2.32. The highest BCUT2D eigenvalue weighted by molar-refractivity contribution is 9.10. The summed E-state index contributed by atoms with van der Waals surface area (Å²) >= 11 is 3.53. The Bertz CT molecular complexity index is 371. The Labute approximate surface area is 121 Å². The predicted octanol–water partition coefficient (Wildman–Crippen LogP) is 6.23. The van der Waals surface area contributed by atoms with Gasteiger partial charge in [-0.15, -0.1) is 0 Å². The van der Waals surface area contributed by atoms with E-state index in [1.807, 2.05) is 0 Å². The van der Waals surface area contributed by atoms with Crippen molar-refractivity contribution < 1.29 is 0 Å². The molecule has 0 aromatic heterocycles. The first-order chi connectivity index (χ1) is 8.18. The van der Waals surface area contributed by atoms with Crippen molar-refractivity contribution in [3.05, 3.63) is 34.3 Å². The molecule has 0 atom stereocenters. The maximum atomic E-state index is 3.53. The van der Waals surface area contributed by atoms with Crippen LogP contribution in [0.1, 0.15) is 59.4 Å². The quantitative estimate of drug-likeness (QED) is 0.604. The van der Waals surface area contributed by atoms with Crippen molar-refractivity contribution >= 4 is 15.9 Å². The molecule has 1 aromatic rings. The molecule has 0 amide bonds. The van der Waals surface area contributed by atoms with Gasteiger partial charge >= 0.3 is 0 Å². The van der Waals surface area contributed by atoms with Crippen molar-refractivity contribution in [1.29, 1.82) is 0 Å². The molecule has 0 saturated carbocycles. The van der Waals surface area contributed by atoms with Crippen LogP contribution in [0.25, 0.3) is 0 Å². The van der Waals surface area contributed by atoms with Crippen LogP contribution in [0.3, 0.4) is 0 Å². The van der Waals surface area contributed by atoms with Gasteiger partial charge in [-0.3, -0.25) is 0 Å². The topological polar surface area (TPSA) is 0 Å². The van der Waals surface area contributed by atoms with Crippen LogP contribution in [-0.2, 0) is 6.42 Å². The number of hydrogen-bond donors (Lipinski definition) is 0. The molecule has 0 aliphatic rings. The first-order valence-electron chi connectivity index (χ1n) is 6.92. The fourth-order valence-corrected chi connectivity index (χ4v) is 3.43. The molecule has 0 aliphatic carbocycles. The van der Waals surface area contributed by atoms with E-state index in [1.54, 1.807) is 0 Å². The zero-order valence-electron chi connectivity index (χ0n) is 12.5. The number of hydrogen-bond acceptors (Lipinski definition) is 0. The molecule has 1 aromatic carbocycles. The third-order valence-electron chi connectivity index (χ3n) is 3.22. The van der Waals surface area contributed by atoms with Crippen LogP contribution in [0.4, 0.5) is 0 Å². The number of aryl methyl sites for hydroxylation is 1. The second-order valence-electron chi connectivity index (χ2n) is 7.39. The van der Waals surface area contributed by atoms with Crippen LogP contribution in [-0.4, -0.2) is 0 Å². The van der Waals surface area contributed by atoms with Crippen molar-refractivity contribution in [3.8, 4) is 0 Å². The van der Waals surface area contributed by atoms with Crippen LogP contribution in [0, 0.1) is 10.8 Å². The predicted molar refractivity (Wildman–Crippen MR) is 84.9 cm³/mol. The van der Waals surface area contributed by atoms with Crippen molar-refractivity contribution in [2.45, 2.75) is 60.3 Å². The number of benzene rings is 1. The van der Waals surface area contributed by atoms with Crippen LogP contribution < -0.4 is 0 Å².